The fourth-order valence-corrected chi connectivity index (χ4v) is 1.90. The first kappa shape index (κ1) is 13.0. The Morgan fingerprint density at radius 2 is 1.21 bits per heavy atom. The minimum absolute atomic E-state index is 0.126. The SMILES string of the molecule is CC(=C(C)c1ccc(O)c(O)c1)c1ccc(O)cc1. The van der Waals surface area contributed by atoms with Crippen LogP contribution < -0.4 is 0 Å². The first-order valence-corrected chi connectivity index (χ1v) is 5.98. The molecule has 0 aliphatic rings. The minimum Gasteiger partial charge on any atom is -0.508 e. The molecule has 0 saturated carbocycles. The zero-order valence-electron chi connectivity index (χ0n) is 10.9. The van der Waals surface area contributed by atoms with Crippen molar-refractivity contribution >= 4 is 11.1 Å². The Morgan fingerprint density at radius 1 is 0.684 bits per heavy atom. The summed E-state index contributed by atoms with van der Waals surface area (Å²) in [5.74, 6) is -0.0225. The first-order chi connectivity index (χ1) is 8.99. The van der Waals surface area contributed by atoms with Gasteiger partial charge in [-0.1, -0.05) is 18.2 Å². The lowest BCUT2D eigenvalue weighted by atomic mass is 9.97. The second kappa shape index (κ2) is 5.06. The summed E-state index contributed by atoms with van der Waals surface area (Å²) in [6.07, 6.45) is 0. The van der Waals surface area contributed by atoms with Crippen molar-refractivity contribution in [2.45, 2.75) is 13.8 Å². The molecule has 3 heteroatoms. The molecule has 2 aromatic rings. The molecule has 0 radical (unpaired) electrons. The van der Waals surface area contributed by atoms with Crippen LogP contribution in [0.25, 0.3) is 11.1 Å². The summed E-state index contributed by atoms with van der Waals surface area (Å²) in [5, 5.41) is 28.1. The molecule has 3 N–H and O–H groups in total. The highest BCUT2D eigenvalue weighted by Crippen LogP contribution is 2.32. The Morgan fingerprint density at radius 3 is 1.79 bits per heavy atom. The van der Waals surface area contributed by atoms with Crippen molar-refractivity contribution in [2.24, 2.45) is 0 Å². The Bertz CT molecular complexity index is 625. The number of aromatic hydroxyl groups is 3. The fraction of sp³-hybridized carbons (Fsp3) is 0.125. The van der Waals surface area contributed by atoms with Crippen LogP contribution in [-0.4, -0.2) is 15.3 Å². The van der Waals surface area contributed by atoms with E-state index in [-0.39, 0.29) is 17.2 Å². The van der Waals surface area contributed by atoms with Gasteiger partial charge in [-0.2, -0.15) is 0 Å². The van der Waals surface area contributed by atoms with E-state index in [4.69, 9.17) is 0 Å². The molecule has 2 rings (SSSR count). The summed E-state index contributed by atoms with van der Waals surface area (Å²) < 4.78 is 0. The van der Waals surface area contributed by atoms with E-state index in [2.05, 4.69) is 0 Å². The van der Waals surface area contributed by atoms with Crippen molar-refractivity contribution in [1.29, 1.82) is 0 Å². The van der Waals surface area contributed by atoms with E-state index in [9.17, 15) is 15.3 Å². The summed E-state index contributed by atoms with van der Waals surface area (Å²) in [5.41, 5.74) is 3.90. The molecule has 0 aliphatic heterocycles. The Labute approximate surface area is 112 Å². The van der Waals surface area contributed by atoms with E-state index in [1.807, 2.05) is 26.0 Å². The topological polar surface area (TPSA) is 60.7 Å². The number of phenolic OH excluding ortho intramolecular Hbond substituents is 3. The lowest BCUT2D eigenvalue weighted by molar-refractivity contribution is 0.403. The van der Waals surface area contributed by atoms with Gasteiger partial charge in [-0.15, -0.1) is 0 Å². The third-order valence-corrected chi connectivity index (χ3v) is 3.27. The van der Waals surface area contributed by atoms with Crippen LogP contribution in [0.3, 0.4) is 0 Å². The molecule has 0 aromatic heterocycles. The average Bonchev–Trinajstić information content (AvgIpc) is 2.41. The Hall–Kier alpha value is -2.42. The molecule has 0 saturated heterocycles. The van der Waals surface area contributed by atoms with Gasteiger partial charge in [0.2, 0.25) is 0 Å². The van der Waals surface area contributed by atoms with Crippen molar-refractivity contribution in [3.05, 3.63) is 53.6 Å². The zero-order valence-corrected chi connectivity index (χ0v) is 10.9. The van der Waals surface area contributed by atoms with Crippen LogP contribution in [-0.2, 0) is 0 Å². The van der Waals surface area contributed by atoms with Gasteiger partial charge in [0.15, 0.2) is 11.5 Å². The van der Waals surface area contributed by atoms with Crippen LogP contribution in [0.15, 0.2) is 42.5 Å². The fourth-order valence-electron chi connectivity index (χ4n) is 1.90. The van der Waals surface area contributed by atoms with Gasteiger partial charge in [-0.3, -0.25) is 0 Å². The smallest absolute Gasteiger partial charge is 0.157 e. The third-order valence-electron chi connectivity index (χ3n) is 3.27. The molecule has 0 fully saturated rings. The maximum Gasteiger partial charge on any atom is 0.157 e. The monoisotopic (exact) mass is 256 g/mol. The molecule has 98 valence electrons. The third kappa shape index (κ3) is 2.71. The van der Waals surface area contributed by atoms with Gasteiger partial charge in [-0.25, -0.2) is 0 Å². The van der Waals surface area contributed by atoms with Gasteiger partial charge in [0.05, 0.1) is 0 Å². The summed E-state index contributed by atoms with van der Waals surface area (Å²) >= 11 is 0. The lowest BCUT2D eigenvalue weighted by Crippen LogP contribution is -1.86. The van der Waals surface area contributed by atoms with Gasteiger partial charge in [0.1, 0.15) is 5.75 Å². The number of hydrogen-bond acceptors (Lipinski definition) is 3. The molecule has 2 aromatic carbocycles. The molecule has 0 bridgehead atoms. The van der Waals surface area contributed by atoms with Gasteiger partial charge < -0.3 is 15.3 Å². The van der Waals surface area contributed by atoms with Crippen LogP contribution >= 0.6 is 0 Å². The summed E-state index contributed by atoms with van der Waals surface area (Å²) in [4.78, 5) is 0. The molecule has 3 nitrogen and oxygen atoms in total. The predicted octanol–water partition coefficient (Wildman–Crippen LogP) is 3.75. The van der Waals surface area contributed by atoms with Crippen molar-refractivity contribution in [3.63, 3.8) is 0 Å². The number of hydrogen-bond donors (Lipinski definition) is 3. The standard InChI is InChI=1S/C16H16O3/c1-10(12-3-6-14(17)7-4-12)11(2)13-5-8-15(18)16(19)9-13/h3-9,17-19H,1-2H3. The van der Waals surface area contributed by atoms with E-state index < -0.39 is 0 Å². The molecule has 0 heterocycles. The molecule has 0 atom stereocenters. The van der Waals surface area contributed by atoms with Crippen LogP contribution in [0.5, 0.6) is 17.2 Å². The average molecular weight is 256 g/mol. The maximum atomic E-state index is 9.53. The van der Waals surface area contributed by atoms with Crippen molar-refractivity contribution in [1.82, 2.24) is 0 Å². The van der Waals surface area contributed by atoms with Gasteiger partial charge in [0, 0.05) is 0 Å². The normalized spacial score (nSPS) is 12.1. The van der Waals surface area contributed by atoms with Gasteiger partial charge in [0.25, 0.3) is 0 Å². The van der Waals surface area contributed by atoms with E-state index in [0.717, 1.165) is 22.3 Å². The lowest BCUT2D eigenvalue weighted by Gasteiger charge is -2.10. The van der Waals surface area contributed by atoms with Crippen molar-refractivity contribution < 1.29 is 15.3 Å². The van der Waals surface area contributed by atoms with Crippen LogP contribution in [0.4, 0.5) is 0 Å². The van der Waals surface area contributed by atoms with Crippen LogP contribution in [0.2, 0.25) is 0 Å². The molecule has 19 heavy (non-hydrogen) atoms. The van der Waals surface area contributed by atoms with E-state index in [1.165, 1.54) is 12.1 Å². The second-order valence-corrected chi connectivity index (χ2v) is 4.50. The minimum atomic E-state index is -0.129. The Kier molecular flexibility index (Phi) is 3.47. The number of benzene rings is 2. The van der Waals surface area contributed by atoms with Crippen molar-refractivity contribution in [2.75, 3.05) is 0 Å². The Balaban J connectivity index is 2.45. The molecule has 0 spiro atoms. The molecule has 0 amide bonds. The van der Waals surface area contributed by atoms with E-state index in [0.29, 0.717) is 0 Å². The molecular formula is C16H16O3. The van der Waals surface area contributed by atoms with E-state index >= 15 is 0 Å². The highest BCUT2D eigenvalue weighted by Gasteiger charge is 2.06. The molecule has 0 aliphatic carbocycles. The van der Waals surface area contributed by atoms with Crippen LogP contribution in [0, 0.1) is 0 Å². The number of rotatable bonds is 2. The highest BCUT2D eigenvalue weighted by atomic mass is 16.3. The second-order valence-electron chi connectivity index (χ2n) is 4.50. The van der Waals surface area contributed by atoms with Crippen molar-refractivity contribution in [3.8, 4) is 17.2 Å². The van der Waals surface area contributed by atoms with E-state index in [1.54, 1.807) is 18.2 Å². The largest absolute Gasteiger partial charge is 0.508 e. The summed E-state index contributed by atoms with van der Waals surface area (Å²) in [6, 6.07) is 11.7. The number of phenols is 3. The highest BCUT2D eigenvalue weighted by molar-refractivity contribution is 5.89. The zero-order chi connectivity index (χ0) is 14.0. The van der Waals surface area contributed by atoms with Gasteiger partial charge >= 0.3 is 0 Å². The summed E-state index contributed by atoms with van der Waals surface area (Å²) in [7, 11) is 0. The maximum absolute atomic E-state index is 9.53. The quantitative estimate of drug-likeness (QED) is 0.566. The first-order valence-electron chi connectivity index (χ1n) is 5.98. The summed E-state index contributed by atoms with van der Waals surface area (Å²) in [6.45, 7) is 3.93. The predicted molar refractivity (Wildman–Crippen MR) is 76.0 cm³/mol. The molecule has 0 unspecified atom stereocenters. The molecular weight excluding hydrogens is 240 g/mol. The van der Waals surface area contributed by atoms with Gasteiger partial charge in [-0.05, 0) is 60.4 Å². The number of allylic oxidation sites excluding steroid dienone is 2. The van der Waals surface area contributed by atoms with Crippen LogP contribution in [0.1, 0.15) is 25.0 Å².